The summed E-state index contributed by atoms with van der Waals surface area (Å²) >= 11 is 0. The third-order valence-electron chi connectivity index (χ3n) is 4.08. The Morgan fingerprint density at radius 2 is 2.10 bits per heavy atom. The molecule has 0 saturated carbocycles. The van der Waals surface area contributed by atoms with Gasteiger partial charge in [-0.3, -0.25) is 4.79 Å². The van der Waals surface area contributed by atoms with Gasteiger partial charge in [0.1, 0.15) is 5.75 Å². The first-order valence-electron chi connectivity index (χ1n) is 7.09. The predicted octanol–water partition coefficient (Wildman–Crippen LogP) is 1.54. The molecular weight excluding hydrogens is 252 g/mol. The van der Waals surface area contributed by atoms with Crippen LogP contribution < -0.4 is 10.1 Å². The number of nitrogens with zero attached hydrogens (tertiary/aromatic N) is 1. The van der Waals surface area contributed by atoms with Crippen molar-refractivity contribution in [2.45, 2.75) is 12.3 Å². The number of likely N-dealkylation sites (tertiary alicyclic amines) is 1. The van der Waals surface area contributed by atoms with Crippen LogP contribution in [0.4, 0.5) is 0 Å². The zero-order valence-electron chi connectivity index (χ0n) is 11.8. The summed E-state index contributed by atoms with van der Waals surface area (Å²) in [5.74, 6) is 1.50. The maximum absolute atomic E-state index is 12.1. The van der Waals surface area contributed by atoms with Gasteiger partial charge in [0.05, 0.1) is 7.11 Å². The fourth-order valence-corrected chi connectivity index (χ4v) is 2.72. The molecule has 2 heterocycles. The van der Waals surface area contributed by atoms with Crippen LogP contribution in [0.15, 0.2) is 35.9 Å². The van der Waals surface area contributed by atoms with Crippen LogP contribution >= 0.6 is 0 Å². The first-order chi connectivity index (χ1) is 9.76. The van der Waals surface area contributed by atoms with Crippen molar-refractivity contribution < 1.29 is 9.53 Å². The minimum atomic E-state index is 0.161. The maximum atomic E-state index is 12.1. The van der Waals surface area contributed by atoms with Gasteiger partial charge >= 0.3 is 0 Å². The number of methoxy groups -OCH3 is 1. The molecule has 0 atom stereocenters. The zero-order chi connectivity index (χ0) is 13.9. The average molecular weight is 272 g/mol. The minimum absolute atomic E-state index is 0.161. The Kier molecular flexibility index (Phi) is 3.74. The summed E-state index contributed by atoms with van der Waals surface area (Å²) in [7, 11) is 1.67. The van der Waals surface area contributed by atoms with Crippen molar-refractivity contribution in [3.8, 4) is 5.75 Å². The molecule has 2 fully saturated rings. The lowest BCUT2D eigenvalue weighted by molar-refractivity contribution is -0.130. The summed E-state index contributed by atoms with van der Waals surface area (Å²) in [6, 6.07) is 8.13. The van der Waals surface area contributed by atoms with E-state index in [4.69, 9.17) is 4.74 Å². The molecule has 1 aromatic carbocycles. The quantitative estimate of drug-likeness (QED) is 0.849. The van der Waals surface area contributed by atoms with Crippen molar-refractivity contribution in [2.24, 2.45) is 0 Å². The lowest BCUT2D eigenvalue weighted by Crippen LogP contribution is -2.47. The summed E-state index contributed by atoms with van der Waals surface area (Å²) in [5, 5.41) is 3.25. The highest BCUT2D eigenvalue weighted by Crippen LogP contribution is 2.28. The van der Waals surface area contributed by atoms with Gasteiger partial charge in [-0.25, -0.2) is 0 Å². The monoisotopic (exact) mass is 272 g/mol. The summed E-state index contributed by atoms with van der Waals surface area (Å²) in [6.45, 7) is 3.50. The van der Waals surface area contributed by atoms with Crippen LogP contribution in [0.25, 0.3) is 0 Å². The second-order valence-corrected chi connectivity index (χ2v) is 5.44. The molecule has 0 spiro atoms. The van der Waals surface area contributed by atoms with E-state index in [1.165, 1.54) is 11.1 Å². The van der Waals surface area contributed by atoms with E-state index in [0.29, 0.717) is 5.92 Å². The van der Waals surface area contributed by atoms with Crippen molar-refractivity contribution in [1.29, 1.82) is 0 Å². The van der Waals surface area contributed by atoms with Gasteiger partial charge in [-0.2, -0.15) is 0 Å². The molecule has 1 N–H and O–H groups in total. The van der Waals surface area contributed by atoms with Crippen LogP contribution in [0.2, 0.25) is 0 Å². The number of hydrogen-bond acceptors (Lipinski definition) is 3. The molecule has 2 aliphatic rings. The van der Waals surface area contributed by atoms with E-state index in [2.05, 4.69) is 17.4 Å². The number of nitrogens with one attached hydrogen (secondary N) is 1. The van der Waals surface area contributed by atoms with Crippen LogP contribution in [0, 0.1) is 0 Å². The second kappa shape index (κ2) is 5.67. The molecule has 0 aliphatic carbocycles. The summed E-state index contributed by atoms with van der Waals surface area (Å²) in [4.78, 5) is 14.0. The number of ether oxygens (including phenoxy) is 1. The molecule has 0 aromatic heterocycles. The molecule has 0 radical (unpaired) electrons. The number of carbonyl (C=O) groups is 1. The van der Waals surface area contributed by atoms with E-state index in [9.17, 15) is 4.79 Å². The first kappa shape index (κ1) is 13.2. The van der Waals surface area contributed by atoms with Crippen molar-refractivity contribution in [3.05, 3.63) is 41.5 Å². The number of amides is 1. The van der Waals surface area contributed by atoms with Crippen molar-refractivity contribution >= 4 is 5.91 Å². The lowest BCUT2D eigenvalue weighted by Gasteiger charge is -2.39. The van der Waals surface area contributed by atoms with Gasteiger partial charge in [0.2, 0.25) is 5.91 Å². The Morgan fingerprint density at radius 3 is 2.70 bits per heavy atom. The van der Waals surface area contributed by atoms with Crippen LogP contribution in [-0.2, 0) is 4.79 Å². The molecule has 0 unspecified atom stereocenters. The average Bonchev–Trinajstić information content (AvgIpc) is 2.90. The molecule has 2 saturated heterocycles. The fraction of sp³-hybridized carbons (Fsp3) is 0.438. The fourth-order valence-electron chi connectivity index (χ4n) is 2.72. The van der Waals surface area contributed by atoms with Gasteiger partial charge in [-0.1, -0.05) is 12.1 Å². The van der Waals surface area contributed by atoms with E-state index >= 15 is 0 Å². The topological polar surface area (TPSA) is 41.6 Å². The Hall–Kier alpha value is -1.81. The molecule has 106 valence electrons. The highest BCUT2D eigenvalue weighted by molar-refractivity contribution is 5.89. The Labute approximate surface area is 119 Å². The van der Waals surface area contributed by atoms with Gasteiger partial charge < -0.3 is 15.0 Å². The van der Waals surface area contributed by atoms with Gasteiger partial charge in [-0.05, 0) is 36.2 Å². The summed E-state index contributed by atoms with van der Waals surface area (Å²) in [6.07, 6.45) is 2.81. The minimum Gasteiger partial charge on any atom is -0.497 e. The Balaban J connectivity index is 1.55. The summed E-state index contributed by atoms with van der Waals surface area (Å²) < 4.78 is 5.16. The van der Waals surface area contributed by atoms with Crippen molar-refractivity contribution in [3.63, 3.8) is 0 Å². The van der Waals surface area contributed by atoms with Crippen LogP contribution in [0.5, 0.6) is 5.75 Å². The maximum Gasteiger partial charge on any atom is 0.246 e. The van der Waals surface area contributed by atoms with E-state index < -0.39 is 0 Å². The van der Waals surface area contributed by atoms with Gasteiger partial charge in [0.15, 0.2) is 0 Å². The first-order valence-corrected chi connectivity index (χ1v) is 7.09. The normalized spacial score (nSPS) is 21.1. The molecule has 1 aromatic rings. The molecule has 2 aliphatic heterocycles. The molecule has 0 bridgehead atoms. The SMILES string of the molecule is COc1ccc(C2CN(C(=O)C=C3CCNC3)C2)cc1. The number of carbonyl (C=O) groups excluding carboxylic acids is 1. The van der Waals surface area contributed by atoms with E-state index in [0.717, 1.165) is 38.3 Å². The smallest absolute Gasteiger partial charge is 0.246 e. The summed E-state index contributed by atoms with van der Waals surface area (Å²) in [5.41, 5.74) is 2.51. The molecule has 4 nitrogen and oxygen atoms in total. The van der Waals surface area contributed by atoms with Crippen LogP contribution in [0.1, 0.15) is 17.9 Å². The van der Waals surface area contributed by atoms with Gasteiger partial charge in [0.25, 0.3) is 0 Å². The highest BCUT2D eigenvalue weighted by Gasteiger charge is 2.30. The Bertz CT molecular complexity index is 508. The number of benzene rings is 1. The molecule has 4 heteroatoms. The highest BCUT2D eigenvalue weighted by atomic mass is 16.5. The molecular formula is C16H20N2O2. The van der Waals surface area contributed by atoms with Gasteiger partial charge in [-0.15, -0.1) is 0 Å². The largest absolute Gasteiger partial charge is 0.497 e. The van der Waals surface area contributed by atoms with E-state index in [-0.39, 0.29) is 5.91 Å². The number of rotatable bonds is 3. The molecule has 20 heavy (non-hydrogen) atoms. The van der Waals surface area contributed by atoms with Crippen LogP contribution in [-0.4, -0.2) is 44.1 Å². The van der Waals surface area contributed by atoms with E-state index in [1.54, 1.807) is 7.11 Å². The number of hydrogen-bond donors (Lipinski definition) is 1. The zero-order valence-corrected chi connectivity index (χ0v) is 11.8. The lowest BCUT2D eigenvalue weighted by atomic mass is 9.91. The second-order valence-electron chi connectivity index (χ2n) is 5.44. The van der Waals surface area contributed by atoms with E-state index in [1.807, 2.05) is 23.1 Å². The Morgan fingerprint density at radius 1 is 1.35 bits per heavy atom. The standard InChI is InChI=1S/C16H20N2O2/c1-20-15-4-2-13(3-5-15)14-10-18(11-14)16(19)8-12-6-7-17-9-12/h2-5,8,14,17H,6-7,9-11H2,1H3. The van der Waals surface area contributed by atoms with Gasteiger partial charge in [0, 0.05) is 31.6 Å². The predicted molar refractivity (Wildman–Crippen MR) is 77.9 cm³/mol. The molecule has 1 amide bonds. The third kappa shape index (κ3) is 2.70. The van der Waals surface area contributed by atoms with Crippen molar-refractivity contribution in [1.82, 2.24) is 10.2 Å². The molecule has 3 rings (SSSR count). The van der Waals surface area contributed by atoms with Crippen molar-refractivity contribution in [2.75, 3.05) is 33.3 Å². The third-order valence-corrected chi connectivity index (χ3v) is 4.08. The van der Waals surface area contributed by atoms with Crippen LogP contribution in [0.3, 0.4) is 0 Å².